The Morgan fingerprint density at radius 2 is 1.68 bits per heavy atom. The van der Waals surface area contributed by atoms with Gasteiger partial charge < -0.3 is 18.9 Å². The molecule has 2 N–H and O–H groups in total. The molecule has 0 aromatic rings. The molecule has 1 rings (SSSR count). The van der Waals surface area contributed by atoms with Gasteiger partial charge in [0.1, 0.15) is 24.4 Å². The fourth-order valence-corrected chi connectivity index (χ4v) is 3.05. The molecule has 0 saturated carbocycles. The van der Waals surface area contributed by atoms with E-state index in [2.05, 4.69) is 14.9 Å². The van der Waals surface area contributed by atoms with Gasteiger partial charge in [0.2, 0.25) is 0 Å². The van der Waals surface area contributed by atoms with E-state index >= 15 is 0 Å². The van der Waals surface area contributed by atoms with Crippen molar-refractivity contribution in [2.24, 2.45) is 0 Å². The fraction of sp³-hybridized carbons (Fsp3) is 0.818. The van der Waals surface area contributed by atoms with Gasteiger partial charge in [-0.15, -0.1) is 6.58 Å². The van der Waals surface area contributed by atoms with Crippen LogP contribution in [-0.4, -0.2) is 84.1 Å². The van der Waals surface area contributed by atoms with E-state index in [-0.39, 0.29) is 6.61 Å². The predicted octanol–water partition coefficient (Wildman–Crippen LogP) is -1.05. The molecule has 14 heteroatoms. The van der Waals surface area contributed by atoms with Crippen LogP contribution in [0.2, 0.25) is 0 Å². The molecular weight excluding hydrogens is 388 g/mol. The lowest BCUT2D eigenvalue weighted by Crippen LogP contribution is -2.62. The molecule has 12 nitrogen and oxygen atoms in total. The van der Waals surface area contributed by atoms with Crippen LogP contribution in [-0.2, 0) is 48.1 Å². The van der Waals surface area contributed by atoms with Crippen LogP contribution in [0.3, 0.4) is 0 Å². The average molecular weight is 408 g/mol. The first-order chi connectivity index (χ1) is 11.5. The van der Waals surface area contributed by atoms with Gasteiger partial charge in [0.25, 0.3) is 0 Å². The van der Waals surface area contributed by atoms with Crippen LogP contribution in [0.4, 0.5) is 0 Å². The minimum Gasteiger partial charge on any atom is -0.373 e. The molecule has 1 fully saturated rings. The van der Waals surface area contributed by atoms with Gasteiger partial charge in [-0.2, -0.15) is 16.8 Å². The van der Waals surface area contributed by atoms with E-state index in [0.717, 1.165) is 0 Å². The molecule has 1 heterocycles. The summed E-state index contributed by atoms with van der Waals surface area (Å²) in [6.07, 6.45) is -4.94. The summed E-state index contributed by atoms with van der Waals surface area (Å²) in [6, 6.07) is 0. The molecule has 1 aliphatic rings. The SMILES string of the molecule is C=CCO[C@@H]1[C@H](OC)[C@@H](OC)O[C@H](COS(=O)(=O)O)[C@H]1OS(=O)(=O)O. The third-order valence-corrected chi connectivity index (χ3v) is 4.02. The summed E-state index contributed by atoms with van der Waals surface area (Å²) >= 11 is 0. The summed E-state index contributed by atoms with van der Waals surface area (Å²) in [6.45, 7) is 2.55. The van der Waals surface area contributed by atoms with Crippen LogP contribution in [0.1, 0.15) is 0 Å². The first-order valence-corrected chi connectivity index (χ1v) is 9.46. The maximum absolute atomic E-state index is 11.1. The van der Waals surface area contributed by atoms with Crippen LogP contribution >= 0.6 is 0 Å². The molecule has 0 bridgehead atoms. The summed E-state index contributed by atoms with van der Waals surface area (Å²) in [5.74, 6) is 0. The molecule has 1 saturated heterocycles. The molecule has 25 heavy (non-hydrogen) atoms. The third kappa shape index (κ3) is 7.22. The fourth-order valence-electron chi connectivity index (χ4n) is 2.23. The number of methoxy groups -OCH3 is 2. The Kier molecular flexibility index (Phi) is 8.33. The van der Waals surface area contributed by atoms with Gasteiger partial charge in [-0.3, -0.25) is 9.11 Å². The Bertz CT molecular complexity index is 629. The topological polar surface area (TPSA) is 164 Å². The largest absolute Gasteiger partial charge is 0.397 e. The molecule has 1 aliphatic heterocycles. The van der Waals surface area contributed by atoms with Crippen molar-refractivity contribution in [2.45, 2.75) is 30.7 Å². The molecule has 148 valence electrons. The maximum Gasteiger partial charge on any atom is 0.397 e. The number of hydrogen-bond donors (Lipinski definition) is 2. The van der Waals surface area contributed by atoms with Crippen molar-refractivity contribution in [2.75, 3.05) is 27.4 Å². The van der Waals surface area contributed by atoms with Crippen LogP contribution in [0.15, 0.2) is 12.7 Å². The Morgan fingerprint density at radius 3 is 2.12 bits per heavy atom. The summed E-state index contributed by atoms with van der Waals surface area (Å²) in [7, 11) is -7.30. The lowest BCUT2D eigenvalue weighted by atomic mass is 9.99. The van der Waals surface area contributed by atoms with Gasteiger partial charge in [-0.1, -0.05) is 6.08 Å². The standard InChI is InChI=1S/C11H20O12S2/c1-4-5-20-9-8(23-25(15,16)17)7(6-21-24(12,13)14)22-11(19-3)10(9)18-2/h4,7-11H,1,5-6H2,2-3H3,(H,12,13,14)(H,15,16,17)/t7-,8-,9+,10+,11+/m1/s1. The van der Waals surface area contributed by atoms with E-state index in [9.17, 15) is 16.8 Å². The summed E-state index contributed by atoms with van der Waals surface area (Å²) < 4.78 is 91.2. The molecule has 0 radical (unpaired) electrons. The smallest absolute Gasteiger partial charge is 0.373 e. The van der Waals surface area contributed by atoms with Gasteiger partial charge in [0.05, 0.1) is 13.2 Å². The highest BCUT2D eigenvalue weighted by molar-refractivity contribution is 7.81. The minimum absolute atomic E-state index is 0.0574. The van der Waals surface area contributed by atoms with Crippen molar-refractivity contribution >= 4 is 20.8 Å². The molecule has 5 atom stereocenters. The van der Waals surface area contributed by atoms with E-state index in [4.69, 9.17) is 28.1 Å². The first-order valence-electron chi connectivity index (χ1n) is 6.73. The average Bonchev–Trinajstić information content (AvgIpc) is 2.49. The zero-order chi connectivity index (χ0) is 19.3. The lowest BCUT2D eigenvalue weighted by molar-refractivity contribution is -0.300. The maximum atomic E-state index is 11.1. The predicted molar refractivity (Wildman–Crippen MR) is 80.3 cm³/mol. The highest BCUT2D eigenvalue weighted by Crippen LogP contribution is 2.29. The van der Waals surface area contributed by atoms with E-state index in [0.29, 0.717) is 0 Å². The van der Waals surface area contributed by atoms with Gasteiger partial charge in [-0.25, -0.2) is 8.37 Å². The molecule has 0 aromatic carbocycles. The summed E-state index contributed by atoms with van der Waals surface area (Å²) in [5.41, 5.74) is 0. The Balaban J connectivity index is 3.17. The van der Waals surface area contributed by atoms with Crippen molar-refractivity contribution in [1.82, 2.24) is 0 Å². The van der Waals surface area contributed by atoms with E-state index < -0.39 is 58.1 Å². The lowest BCUT2D eigenvalue weighted by Gasteiger charge is -2.43. The zero-order valence-electron chi connectivity index (χ0n) is 13.4. The second kappa shape index (κ2) is 9.31. The molecule has 0 amide bonds. The summed E-state index contributed by atoms with van der Waals surface area (Å²) in [4.78, 5) is 0. The van der Waals surface area contributed by atoms with Crippen molar-refractivity contribution < 1.29 is 53.3 Å². The number of ether oxygens (including phenoxy) is 4. The van der Waals surface area contributed by atoms with Gasteiger partial charge >= 0.3 is 20.8 Å². The van der Waals surface area contributed by atoms with E-state index in [1.165, 1.54) is 20.3 Å². The van der Waals surface area contributed by atoms with Crippen molar-refractivity contribution in [1.29, 1.82) is 0 Å². The van der Waals surface area contributed by atoms with Crippen LogP contribution in [0, 0.1) is 0 Å². The number of hydrogen-bond acceptors (Lipinski definition) is 10. The molecule has 0 spiro atoms. The van der Waals surface area contributed by atoms with Gasteiger partial charge in [0.15, 0.2) is 6.29 Å². The van der Waals surface area contributed by atoms with Crippen LogP contribution < -0.4 is 0 Å². The summed E-state index contributed by atoms with van der Waals surface area (Å²) in [5, 5.41) is 0. The van der Waals surface area contributed by atoms with Crippen molar-refractivity contribution in [3.8, 4) is 0 Å². The monoisotopic (exact) mass is 408 g/mol. The normalized spacial score (nSPS) is 31.0. The van der Waals surface area contributed by atoms with Gasteiger partial charge in [-0.05, 0) is 0 Å². The Hall–Kier alpha value is -0.680. The highest BCUT2D eigenvalue weighted by Gasteiger charge is 2.50. The highest BCUT2D eigenvalue weighted by atomic mass is 32.3. The minimum atomic E-state index is -4.97. The first kappa shape index (κ1) is 22.4. The van der Waals surface area contributed by atoms with Crippen molar-refractivity contribution in [3.05, 3.63) is 12.7 Å². The third-order valence-electron chi connectivity index (χ3n) is 3.12. The molecule has 0 unspecified atom stereocenters. The second-order valence-corrected chi connectivity index (χ2v) is 6.91. The second-order valence-electron chi connectivity index (χ2n) is 4.77. The zero-order valence-corrected chi connectivity index (χ0v) is 15.0. The van der Waals surface area contributed by atoms with Gasteiger partial charge in [0, 0.05) is 14.2 Å². The molecule has 0 aromatic heterocycles. The van der Waals surface area contributed by atoms with Crippen molar-refractivity contribution in [3.63, 3.8) is 0 Å². The van der Waals surface area contributed by atoms with Crippen LogP contribution in [0.25, 0.3) is 0 Å². The van der Waals surface area contributed by atoms with Crippen LogP contribution in [0.5, 0.6) is 0 Å². The number of rotatable bonds is 10. The Labute approximate surface area is 145 Å². The Morgan fingerprint density at radius 1 is 1.04 bits per heavy atom. The molecular formula is C11H20O12S2. The quantitative estimate of drug-likeness (QED) is 0.333. The van der Waals surface area contributed by atoms with E-state index in [1.807, 2.05) is 0 Å². The van der Waals surface area contributed by atoms with E-state index in [1.54, 1.807) is 0 Å². The molecule has 0 aliphatic carbocycles.